The Hall–Kier alpha value is -2.89. The molecule has 0 aliphatic carbocycles. The molecule has 0 radical (unpaired) electrons. The van der Waals surface area contributed by atoms with Gasteiger partial charge in [0.2, 0.25) is 0 Å². The summed E-state index contributed by atoms with van der Waals surface area (Å²) in [4.78, 5) is 38.0. The molecular weight excluding hydrogens is 769 g/mol. The summed E-state index contributed by atoms with van der Waals surface area (Å²) in [5.74, 6) is -0.903. The van der Waals surface area contributed by atoms with Gasteiger partial charge in [-0.25, -0.2) is 0 Å². The molecule has 0 aliphatic heterocycles. The second-order valence-electron chi connectivity index (χ2n) is 17.4. The van der Waals surface area contributed by atoms with E-state index in [-0.39, 0.29) is 31.1 Å². The van der Waals surface area contributed by atoms with Crippen LogP contribution in [0.25, 0.3) is 0 Å². The van der Waals surface area contributed by atoms with Crippen LogP contribution in [-0.2, 0) is 28.6 Å². The number of allylic oxidation sites excluding steroid dienone is 10. The number of hydrogen-bond donors (Lipinski definition) is 0. The van der Waals surface area contributed by atoms with Crippen LogP contribution in [-0.4, -0.2) is 37.2 Å². The van der Waals surface area contributed by atoms with Crippen LogP contribution in [0.3, 0.4) is 0 Å². The van der Waals surface area contributed by atoms with Gasteiger partial charge in [0, 0.05) is 19.3 Å². The minimum Gasteiger partial charge on any atom is -0.462 e. The number of rotatable bonds is 47. The van der Waals surface area contributed by atoms with Crippen molar-refractivity contribution in [1.82, 2.24) is 0 Å². The maximum absolute atomic E-state index is 12.8. The molecule has 1 unspecified atom stereocenters. The van der Waals surface area contributed by atoms with Crippen molar-refractivity contribution in [2.24, 2.45) is 0 Å². The number of unbranched alkanes of at least 4 members (excludes halogenated alkanes) is 26. The third-order valence-electron chi connectivity index (χ3n) is 11.2. The summed E-state index contributed by atoms with van der Waals surface area (Å²) in [6.07, 6.45) is 62.0. The molecule has 0 bridgehead atoms. The summed E-state index contributed by atoms with van der Waals surface area (Å²) in [5, 5.41) is 0. The highest BCUT2D eigenvalue weighted by atomic mass is 16.6. The van der Waals surface area contributed by atoms with E-state index in [2.05, 4.69) is 81.5 Å². The van der Waals surface area contributed by atoms with Gasteiger partial charge in [0.1, 0.15) is 13.2 Å². The van der Waals surface area contributed by atoms with E-state index in [1.54, 1.807) is 0 Å². The number of hydrogen-bond acceptors (Lipinski definition) is 6. The zero-order chi connectivity index (χ0) is 45.1. The van der Waals surface area contributed by atoms with Crippen molar-refractivity contribution in [3.8, 4) is 0 Å². The van der Waals surface area contributed by atoms with Gasteiger partial charge in [-0.2, -0.15) is 0 Å². The lowest BCUT2D eigenvalue weighted by Gasteiger charge is -2.18. The summed E-state index contributed by atoms with van der Waals surface area (Å²) in [5.41, 5.74) is 0. The monoisotopic (exact) mass is 867 g/mol. The fourth-order valence-electron chi connectivity index (χ4n) is 7.34. The van der Waals surface area contributed by atoms with Crippen molar-refractivity contribution >= 4 is 17.9 Å². The lowest BCUT2D eigenvalue weighted by atomic mass is 10.1. The van der Waals surface area contributed by atoms with E-state index in [0.717, 1.165) is 103 Å². The molecule has 6 nitrogen and oxygen atoms in total. The van der Waals surface area contributed by atoms with Crippen LogP contribution in [0, 0.1) is 0 Å². The molecule has 0 aliphatic rings. The molecule has 0 fully saturated rings. The van der Waals surface area contributed by atoms with Crippen LogP contribution in [0.2, 0.25) is 0 Å². The zero-order valence-electron chi connectivity index (χ0n) is 40.9. The molecule has 6 heteroatoms. The Morgan fingerprint density at radius 1 is 0.339 bits per heavy atom. The Balaban J connectivity index is 4.39. The van der Waals surface area contributed by atoms with Gasteiger partial charge in [-0.15, -0.1) is 0 Å². The van der Waals surface area contributed by atoms with Gasteiger partial charge in [-0.05, 0) is 96.3 Å². The highest BCUT2D eigenvalue weighted by Crippen LogP contribution is 2.15. The van der Waals surface area contributed by atoms with Gasteiger partial charge in [0.25, 0.3) is 0 Å². The van der Waals surface area contributed by atoms with Crippen molar-refractivity contribution in [3.05, 3.63) is 60.8 Å². The third-order valence-corrected chi connectivity index (χ3v) is 11.2. The first kappa shape index (κ1) is 59.1. The maximum atomic E-state index is 12.8. The molecule has 0 aromatic heterocycles. The predicted octanol–water partition coefficient (Wildman–Crippen LogP) is 17.3. The Morgan fingerprint density at radius 2 is 0.629 bits per heavy atom. The minimum absolute atomic E-state index is 0.0840. The molecule has 0 aromatic carbocycles. The van der Waals surface area contributed by atoms with Crippen molar-refractivity contribution in [1.29, 1.82) is 0 Å². The van der Waals surface area contributed by atoms with Gasteiger partial charge >= 0.3 is 17.9 Å². The Kier molecular flexibility index (Phi) is 48.4. The fraction of sp³-hybridized carbons (Fsp3) is 0.768. The lowest BCUT2D eigenvalue weighted by Crippen LogP contribution is -2.30. The van der Waals surface area contributed by atoms with Crippen LogP contribution in [0.5, 0.6) is 0 Å². The van der Waals surface area contributed by atoms with Crippen molar-refractivity contribution < 1.29 is 28.6 Å². The largest absolute Gasteiger partial charge is 0.462 e. The lowest BCUT2D eigenvalue weighted by molar-refractivity contribution is -0.167. The normalized spacial score (nSPS) is 12.5. The molecule has 0 saturated carbocycles. The van der Waals surface area contributed by atoms with Crippen molar-refractivity contribution in [3.63, 3.8) is 0 Å². The highest BCUT2D eigenvalue weighted by Gasteiger charge is 2.19. The second kappa shape index (κ2) is 50.8. The van der Waals surface area contributed by atoms with Crippen LogP contribution in [0.15, 0.2) is 60.8 Å². The van der Waals surface area contributed by atoms with Crippen LogP contribution in [0.1, 0.15) is 258 Å². The summed E-state index contributed by atoms with van der Waals surface area (Å²) in [6.45, 7) is 6.42. The molecule has 0 saturated heterocycles. The predicted molar refractivity (Wildman–Crippen MR) is 265 cm³/mol. The molecule has 1 atom stereocenters. The standard InChI is InChI=1S/C56H98O6/c1-4-7-10-13-16-19-22-25-28-29-32-34-37-40-43-46-49-55(58)61-52-53(62-56(59)50-47-44-41-38-35-31-27-24-21-18-15-12-9-6-3)51-60-54(57)48-45-42-39-36-33-30-26-23-20-17-14-11-8-5-2/h8-9,11-12,17-18,20-21,28-29,53H,4-7,10,13-16,19,22-27,30-52H2,1-3H3/b11-8-,12-9-,20-17-,21-18-,29-28-. The minimum atomic E-state index is -0.784. The van der Waals surface area contributed by atoms with E-state index in [4.69, 9.17) is 14.2 Å². The van der Waals surface area contributed by atoms with Gasteiger partial charge in [-0.3, -0.25) is 14.4 Å². The average Bonchev–Trinajstić information content (AvgIpc) is 3.27. The van der Waals surface area contributed by atoms with Gasteiger partial charge in [0.05, 0.1) is 0 Å². The number of carbonyl (C=O) groups excluding carboxylic acids is 3. The van der Waals surface area contributed by atoms with E-state index in [9.17, 15) is 14.4 Å². The van der Waals surface area contributed by atoms with E-state index >= 15 is 0 Å². The third kappa shape index (κ3) is 48.1. The summed E-state index contributed by atoms with van der Waals surface area (Å²) in [6, 6.07) is 0. The van der Waals surface area contributed by atoms with E-state index < -0.39 is 6.10 Å². The summed E-state index contributed by atoms with van der Waals surface area (Å²) < 4.78 is 16.8. The second-order valence-corrected chi connectivity index (χ2v) is 17.4. The molecule has 0 spiro atoms. The summed E-state index contributed by atoms with van der Waals surface area (Å²) >= 11 is 0. The van der Waals surface area contributed by atoms with Crippen LogP contribution < -0.4 is 0 Å². The molecule has 0 heterocycles. The molecule has 0 N–H and O–H groups in total. The Morgan fingerprint density at radius 3 is 0.984 bits per heavy atom. The number of carbonyl (C=O) groups is 3. The van der Waals surface area contributed by atoms with Crippen molar-refractivity contribution in [2.45, 2.75) is 264 Å². The fourth-order valence-corrected chi connectivity index (χ4v) is 7.34. The van der Waals surface area contributed by atoms with E-state index in [1.165, 1.54) is 116 Å². The zero-order valence-corrected chi connectivity index (χ0v) is 40.9. The summed E-state index contributed by atoms with van der Waals surface area (Å²) in [7, 11) is 0. The first-order valence-electron chi connectivity index (χ1n) is 26.3. The Bertz CT molecular complexity index is 1130. The molecule has 62 heavy (non-hydrogen) atoms. The molecular formula is C56H98O6. The Labute approximate surface area is 383 Å². The van der Waals surface area contributed by atoms with Gasteiger partial charge in [0.15, 0.2) is 6.10 Å². The smallest absolute Gasteiger partial charge is 0.306 e. The van der Waals surface area contributed by atoms with Crippen LogP contribution >= 0.6 is 0 Å². The SMILES string of the molecule is CC/C=C\C/C=C\CCCCCCCCCC(=O)OCC(COC(=O)CCCCCCC/C=C\CCCCCCCCC)OC(=O)CCCCCCCCC/C=C\C/C=C\CC. The van der Waals surface area contributed by atoms with E-state index in [0.29, 0.717) is 19.3 Å². The molecule has 358 valence electrons. The molecule has 0 rings (SSSR count). The van der Waals surface area contributed by atoms with Crippen molar-refractivity contribution in [2.75, 3.05) is 13.2 Å². The average molecular weight is 867 g/mol. The van der Waals surface area contributed by atoms with Gasteiger partial charge in [-0.1, -0.05) is 204 Å². The topological polar surface area (TPSA) is 78.9 Å². The number of ether oxygens (including phenoxy) is 3. The maximum Gasteiger partial charge on any atom is 0.306 e. The first-order chi connectivity index (χ1) is 30.5. The highest BCUT2D eigenvalue weighted by molar-refractivity contribution is 5.71. The van der Waals surface area contributed by atoms with Crippen LogP contribution in [0.4, 0.5) is 0 Å². The number of esters is 3. The molecule has 0 aromatic rings. The van der Waals surface area contributed by atoms with E-state index in [1.807, 2.05) is 0 Å². The quantitative estimate of drug-likeness (QED) is 0.0262. The van der Waals surface area contributed by atoms with Gasteiger partial charge < -0.3 is 14.2 Å². The first-order valence-corrected chi connectivity index (χ1v) is 26.3. The molecule has 0 amide bonds.